The number of halogens is 6. The Morgan fingerprint density at radius 3 is 2.37 bits per heavy atom. The summed E-state index contributed by atoms with van der Waals surface area (Å²) < 4.78 is 84.2. The molecule has 0 bridgehead atoms. The first-order valence-electron chi connectivity index (χ1n) is 13.2. The molecule has 5 rings (SSSR count). The number of amidine groups is 1. The number of anilines is 3. The van der Waals surface area contributed by atoms with Crippen LogP contribution < -0.4 is 19.9 Å². The summed E-state index contributed by atoms with van der Waals surface area (Å²) in [5, 5.41) is 6.73. The van der Waals surface area contributed by atoms with Gasteiger partial charge in [-0.3, -0.25) is 9.69 Å². The molecule has 3 amide bonds. The van der Waals surface area contributed by atoms with Gasteiger partial charge in [0.2, 0.25) is 5.91 Å². The maximum absolute atomic E-state index is 13.9. The van der Waals surface area contributed by atoms with E-state index < -0.39 is 35.7 Å². The summed E-state index contributed by atoms with van der Waals surface area (Å²) in [6.07, 6.45) is -8.18. The minimum absolute atomic E-state index is 0.200. The number of hydrogen-bond donors (Lipinski definition) is 1. The van der Waals surface area contributed by atoms with Gasteiger partial charge < -0.3 is 15.0 Å². The highest BCUT2D eigenvalue weighted by atomic mass is 32.2. The Morgan fingerprint density at radius 1 is 1.02 bits per heavy atom. The predicted octanol–water partition coefficient (Wildman–Crippen LogP) is 6.89. The Balaban J connectivity index is 1.33. The minimum atomic E-state index is -4.81. The van der Waals surface area contributed by atoms with Gasteiger partial charge >= 0.3 is 18.6 Å². The van der Waals surface area contributed by atoms with E-state index in [9.17, 15) is 35.9 Å². The summed E-state index contributed by atoms with van der Waals surface area (Å²) in [7, 11) is 3.28. The highest BCUT2D eigenvalue weighted by molar-refractivity contribution is 8.15. The zero-order chi connectivity index (χ0) is 33.4. The lowest BCUT2D eigenvalue weighted by Gasteiger charge is -2.23. The summed E-state index contributed by atoms with van der Waals surface area (Å²) in [5.74, 6) is -1.00. The molecule has 46 heavy (non-hydrogen) atoms. The van der Waals surface area contributed by atoms with Gasteiger partial charge in [-0.2, -0.15) is 18.2 Å². The van der Waals surface area contributed by atoms with Crippen LogP contribution in [-0.2, 0) is 11.0 Å². The number of aryl methyl sites for hydroxylation is 1. The molecule has 3 aromatic carbocycles. The van der Waals surface area contributed by atoms with Crippen LogP contribution in [0, 0.1) is 6.92 Å². The van der Waals surface area contributed by atoms with Crippen LogP contribution in [0.1, 0.15) is 11.1 Å². The van der Waals surface area contributed by atoms with Crippen LogP contribution in [0.25, 0.3) is 17.1 Å². The average Bonchev–Trinajstić information content (AvgIpc) is 3.60. The van der Waals surface area contributed by atoms with Gasteiger partial charge in [-0.1, -0.05) is 11.8 Å². The van der Waals surface area contributed by atoms with Crippen LogP contribution in [-0.4, -0.2) is 58.1 Å². The lowest BCUT2D eigenvalue weighted by molar-refractivity contribution is -0.274. The van der Waals surface area contributed by atoms with E-state index in [0.717, 1.165) is 34.9 Å². The zero-order valence-corrected chi connectivity index (χ0v) is 25.0. The number of nitrogens with one attached hydrogen (secondary N) is 1. The van der Waals surface area contributed by atoms with Crippen molar-refractivity contribution in [2.75, 3.05) is 35.0 Å². The first-order valence-corrected chi connectivity index (χ1v) is 14.2. The van der Waals surface area contributed by atoms with Crippen LogP contribution in [0.5, 0.6) is 5.75 Å². The van der Waals surface area contributed by atoms with Gasteiger partial charge in [-0.15, -0.1) is 18.3 Å². The molecule has 1 N–H and O–H groups in total. The number of aromatic nitrogens is 3. The Bertz CT molecular complexity index is 1820. The molecule has 1 aliphatic rings. The molecular weight excluding hydrogens is 640 g/mol. The van der Waals surface area contributed by atoms with E-state index in [-0.39, 0.29) is 22.5 Å². The van der Waals surface area contributed by atoms with Gasteiger partial charge in [-0.25, -0.2) is 14.5 Å². The zero-order valence-electron chi connectivity index (χ0n) is 24.1. The normalized spacial score (nSPS) is 14.6. The minimum Gasteiger partial charge on any atom is -0.406 e. The van der Waals surface area contributed by atoms with Crippen molar-refractivity contribution in [2.45, 2.75) is 19.5 Å². The van der Waals surface area contributed by atoms with Crippen molar-refractivity contribution in [2.24, 2.45) is 4.99 Å². The smallest absolute Gasteiger partial charge is 0.406 e. The molecule has 0 aliphatic carbocycles. The highest BCUT2D eigenvalue weighted by Crippen LogP contribution is 2.41. The van der Waals surface area contributed by atoms with E-state index in [2.05, 4.69) is 25.1 Å². The SMILES string of the molecule is Cc1cc(-n2cnc(-c3ccc(OC(F)(F)F)cc3)n2)ccc1NC(=O)N=C1SCC(=O)N1c1cc(N(C)C)ccc1C(F)(F)F. The Morgan fingerprint density at radius 2 is 1.74 bits per heavy atom. The number of amides is 3. The number of alkyl halides is 6. The summed E-state index contributed by atoms with van der Waals surface area (Å²) in [6, 6.07) is 12.4. The molecule has 0 atom stereocenters. The molecule has 0 spiro atoms. The summed E-state index contributed by atoms with van der Waals surface area (Å²) in [4.78, 5) is 36.1. The molecule has 1 saturated heterocycles. The lowest BCUT2D eigenvalue weighted by atomic mass is 10.1. The second-order valence-electron chi connectivity index (χ2n) is 10.0. The lowest BCUT2D eigenvalue weighted by Crippen LogP contribution is -2.32. The van der Waals surface area contributed by atoms with E-state index >= 15 is 0 Å². The number of ether oxygens (including phenoxy) is 1. The molecule has 240 valence electrons. The third-order valence-corrected chi connectivity index (χ3v) is 7.48. The Labute approximate surface area is 261 Å². The fourth-order valence-electron chi connectivity index (χ4n) is 4.39. The third-order valence-electron chi connectivity index (χ3n) is 6.56. The number of nitrogens with zero attached hydrogens (tertiary/aromatic N) is 6. The van der Waals surface area contributed by atoms with E-state index in [1.165, 1.54) is 35.3 Å². The van der Waals surface area contributed by atoms with Crippen molar-refractivity contribution in [3.05, 3.63) is 78.1 Å². The molecule has 2 heterocycles. The number of urea groups is 1. The summed E-state index contributed by atoms with van der Waals surface area (Å²) >= 11 is 0.842. The van der Waals surface area contributed by atoms with Crippen LogP contribution in [0.15, 0.2) is 72.0 Å². The fourth-order valence-corrected chi connectivity index (χ4v) is 5.25. The van der Waals surface area contributed by atoms with Crippen molar-refractivity contribution >= 4 is 45.9 Å². The largest absolute Gasteiger partial charge is 0.573 e. The molecule has 0 radical (unpaired) electrons. The number of thioether (sulfide) groups is 1. The van der Waals surface area contributed by atoms with E-state index in [1.807, 2.05) is 0 Å². The standard InChI is InChI=1S/C29H23F6N7O3S/c1-16-12-19(41-15-36-25(39-41)17-4-8-20(9-5-17)45-29(33,34)35)7-11-22(16)37-26(44)38-27-42(24(43)14-46-27)23-13-18(40(2)3)6-10-21(23)28(30,31)32/h4-13,15H,14H2,1-3H3,(H,37,44). The molecule has 0 unspecified atom stereocenters. The number of benzene rings is 3. The summed E-state index contributed by atoms with van der Waals surface area (Å²) in [5.41, 5.74) is 0.838. The fraction of sp³-hybridized carbons (Fsp3) is 0.207. The van der Waals surface area contributed by atoms with E-state index in [4.69, 9.17) is 0 Å². The van der Waals surface area contributed by atoms with Crippen molar-refractivity contribution < 1.29 is 40.7 Å². The van der Waals surface area contributed by atoms with E-state index in [1.54, 1.807) is 44.1 Å². The third kappa shape index (κ3) is 7.25. The molecule has 1 aliphatic heterocycles. The van der Waals surface area contributed by atoms with Gasteiger partial charge in [0.15, 0.2) is 11.0 Å². The molecule has 1 fully saturated rings. The van der Waals surface area contributed by atoms with Crippen LogP contribution in [0.3, 0.4) is 0 Å². The molecule has 10 nitrogen and oxygen atoms in total. The summed E-state index contributed by atoms with van der Waals surface area (Å²) in [6.45, 7) is 1.69. The second-order valence-corrected chi connectivity index (χ2v) is 11.0. The Hall–Kier alpha value is -5.06. The van der Waals surface area contributed by atoms with Crippen LogP contribution in [0.4, 0.5) is 48.2 Å². The van der Waals surface area contributed by atoms with Gasteiger partial charge in [0.05, 0.1) is 22.7 Å². The maximum Gasteiger partial charge on any atom is 0.573 e. The van der Waals surface area contributed by atoms with Crippen LogP contribution >= 0.6 is 11.8 Å². The molecule has 1 aromatic heterocycles. The molecule has 0 saturated carbocycles. The quantitative estimate of drug-likeness (QED) is 0.224. The van der Waals surface area contributed by atoms with E-state index in [0.29, 0.717) is 28.2 Å². The topological polar surface area (TPSA) is 105 Å². The number of rotatable bonds is 6. The number of hydrogen-bond acceptors (Lipinski definition) is 7. The monoisotopic (exact) mass is 663 g/mol. The first kappa shape index (κ1) is 32.3. The number of carbonyl (C=O) groups excluding carboxylic acids is 2. The average molecular weight is 664 g/mol. The van der Waals surface area contributed by atoms with Gasteiger partial charge in [0.1, 0.15) is 12.1 Å². The Kier molecular flexibility index (Phi) is 8.70. The van der Waals surface area contributed by atoms with Crippen molar-refractivity contribution in [1.29, 1.82) is 0 Å². The van der Waals surface area contributed by atoms with Crippen LogP contribution in [0.2, 0.25) is 0 Å². The molecular formula is C29H23F6N7O3S. The maximum atomic E-state index is 13.9. The van der Waals surface area contributed by atoms with Crippen molar-refractivity contribution in [1.82, 2.24) is 14.8 Å². The van der Waals surface area contributed by atoms with Crippen molar-refractivity contribution in [3.8, 4) is 22.8 Å². The molecule has 17 heteroatoms. The first-order chi connectivity index (χ1) is 21.6. The molecule has 4 aromatic rings. The van der Waals surface area contributed by atoms with Gasteiger partial charge in [0.25, 0.3) is 0 Å². The van der Waals surface area contributed by atoms with Gasteiger partial charge in [-0.05, 0) is 73.2 Å². The number of aliphatic imine (C=N–C) groups is 1. The second kappa shape index (κ2) is 12.4. The predicted molar refractivity (Wildman–Crippen MR) is 160 cm³/mol. The number of carbonyl (C=O) groups is 2. The van der Waals surface area contributed by atoms with Gasteiger partial charge in [0, 0.05) is 31.0 Å². The highest BCUT2D eigenvalue weighted by Gasteiger charge is 2.40. The van der Waals surface area contributed by atoms with Crippen molar-refractivity contribution in [3.63, 3.8) is 0 Å².